The van der Waals surface area contributed by atoms with E-state index in [1.54, 1.807) is 6.92 Å². The van der Waals surface area contributed by atoms with Gasteiger partial charge >= 0.3 is 5.97 Å². The lowest BCUT2D eigenvalue weighted by molar-refractivity contribution is -0.150. The predicted octanol–water partition coefficient (Wildman–Crippen LogP) is -1.37. The average molecular weight is 280 g/mol. The molecule has 0 aliphatic rings. The Kier molecular flexibility index (Phi) is 9.66. The summed E-state index contributed by atoms with van der Waals surface area (Å²) in [6, 6.07) is 0. The third-order valence-corrected chi connectivity index (χ3v) is 3.26. The molecule has 7 nitrogen and oxygen atoms in total. The summed E-state index contributed by atoms with van der Waals surface area (Å²) in [4.78, 5) is 22.2. The Morgan fingerprint density at radius 2 is 2.17 bits per heavy atom. The van der Waals surface area contributed by atoms with Crippen LogP contribution in [0.1, 0.15) is 13.3 Å². The van der Waals surface area contributed by atoms with Crippen LogP contribution >= 0.6 is 11.8 Å². The molecule has 2 unspecified atom stereocenters. The van der Waals surface area contributed by atoms with Crippen LogP contribution in [0.25, 0.3) is 0 Å². The van der Waals surface area contributed by atoms with Gasteiger partial charge in [-0.15, -0.1) is 0 Å². The molecular weight excluding hydrogens is 260 g/mol. The number of carbonyl (C=O) groups excluding carboxylic acids is 2. The van der Waals surface area contributed by atoms with Crippen LogP contribution in [-0.4, -0.2) is 52.9 Å². The number of ether oxygens (including phenoxy) is 1. The van der Waals surface area contributed by atoms with Gasteiger partial charge in [0.1, 0.15) is 12.7 Å². The first-order chi connectivity index (χ1) is 8.51. The first kappa shape index (κ1) is 17.2. The van der Waals surface area contributed by atoms with E-state index in [-0.39, 0.29) is 18.4 Å². The van der Waals surface area contributed by atoms with Crippen molar-refractivity contribution >= 4 is 23.6 Å². The number of hydrogen-bond acceptors (Lipinski definition) is 7. The molecule has 106 valence electrons. The Morgan fingerprint density at radius 1 is 1.50 bits per heavy atom. The van der Waals surface area contributed by atoms with E-state index in [1.165, 1.54) is 11.8 Å². The topological polar surface area (TPSA) is 122 Å². The molecule has 0 fully saturated rings. The number of amides is 1. The summed E-state index contributed by atoms with van der Waals surface area (Å²) < 4.78 is 4.79. The number of esters is 1. The van der Waals surface area contributed by atoms with E-state index >= 15 is 0 Å². The van der Waals surface area contributed by atoms with Gasteiger partial charge in [-0.1, -0.05) is 6.92 Å². The summed E-state index contributed by atoms with van der Waals surface area (Å²) in [6.07, 6.45) is -0.742. The van der Waals surface area contributed by atoms with Crippen LogP contribution < -0.4 is 11.3 Å². The Labute approximate surface area is 110 Å². The van der Waals surface area contributed by atoms with E-state index < -0.39 is 18.7 Å². The fourth-order valence-electron chi connectivity index (χ4n) is 0.938. The summed E-state index contributed by atoms with van der Waals surface area (Å²) in [5, 5.41) is 17.5. The van der Waals surface area contributed by atoms with Crippen LogP contribution in [0.15, 0.2) is 0 Å². The zero-order chi connectivity index (χ0) is 14.0. The number of hydrogen-bond donors (Lipinski definition) is 4. The van der Waals surface area contributed by atoms with Crippen molar-refractivity contribution in [2.45, 2.75) is 19.4 Å². The highest BCUT2D eigenvalue weighted by Gasteiger charge is 2.16. The number of hydrazine groups is 1. The van der Waals surface area contributed by atoms with Crippen molar-refractivity contribution in [3.8, 4) is 0 Å². The maximum atomic E-state index is 11.4. The lowest BCUT2D eigenvalue weighted by Gasteiger charge is -2.12. The minimum absolute atomic E-state index is 0.208. The van der Waals surface area contributed by atoms with Gasteiger partial charge in [-0.2, -0.15) is 11.8 Å². The van der Waals surface area contributed by atoms with Crippen molar-refractivity contribution in [3.63, 3.8) is 0 Å². The zero-order valence-electron chi connectivity index (χ0n) is 10.3. The summed E-state index contributed by atoms with van der Waals surface area (Å²) in [6.45, 7) is 1.05. The highest BCUT2D eigenvalue weighted by atomic mass is 32.2. The van der Waals surface area contributed by atoms with Gasteiger partial charge in [0, 0.05) is 17.9 Å². The fraction of sp³-hybridized carbons (Fsp3) is 0.800. The van der Waals surface area contributed by atoms with Crippen LogP contribution in [-0.2, 0) is 14.3 Å². The maximum Gasteiger partial charge on any atom is 0.309 e. The quantitative estimate of drug-likeness (QED) is 0.135. The average Bonchev–Trinajstić information content (AvgIpc) is 2.39. The lowest BCUT2D eigenvalue weighted by atomic mass is 10.2. The standard InChI is InChI=1S/C10H20N2O5S/c1-7(6-18-3-2-9(15)12-11)10(16)17-5-8(14)4-13/h7-8,13-14H,2-6,11H2,1H3,(H,12,15). The van der Waals surface area contributed by atoms with E-state index in [9.17, 15) is 9.59 Å². The number of nitrogens with two attached hydrogens (primary N) is 1. The van der Waals surface area contributed by atoms with Crippen LogP contribution in [0.3, 0.4) is 0 Å². The smallest absolute Gasteiger partial charge is 0.309 e. The van der Waals surface area contributed by atoms with Gasteiger partial charge in [0.05, 0.1) is 12.5 Å². The van der Waals surface area contributed by atoms with Crippen LogP contribution in [0.2, 0.25) is 0 Å². The molecule has 0 aromatic rings. The number of thioether (sulfide) groups is 1. The zero-order valence-corrected chi connectivity index (χ0v) is 11.1. The van der Waals surface area contributed by atoms with Gasteiger partial charge in [0.25, 0.3) is 0 Å². The molecule has 8 heteroatoms. The second-order valence-electron chi connectivity index (χ2n) is 3.76. The van der Waals surface area contributed by atoms with E-state index in [0.717, 1.165) is 0 Å². The molecule has 0 saturated carbocycles. The number of aliphatic hydroxyl groups is 2. The third-order valence-electron chi connectivity index (χ3n) is 2.03. The fourth-order valence-corrected chi connectivity index (χ4v) is 1.92. The first-order valence-corrected chi connectivity index (χ1v) is 6.69. The Balaban J connectivity index is 3.65. The van der Waals surface area contributed by atoms with Gasteiger partial charge in [0.15, 0.2) is 0 Å². The first-order valence-electron chi connectivity index (χ1n) is 5.54. The largest absolute Gasteiger partial charge is 0.463 e. The van der Waals surface area contributed by atoms with Gasteiger partial charge in [-0.25, -0.2) is 5.84 Å². The number of carbonyl (C=O) groups is 2. The lowest BCUT2D eigenvalue weighted by Crippen LogP contribution is -2.30. The molecule has 2 atom stereocenters. The van der Waals surface area contributed by atoms with Crippen molar-refractivity contribution in [1.82, 2.24) is 5.43 Å². The third kappa shape index (κ3) is 8.29. The second-order valence-corrected chi connectivity index (χ2v) is 4.91. The molecule has 1 amide bonds. The molecule has 0 radical (unpaired) electrons. The molecule has 0 aliphatic heterocycles. The van der Waals surface area contributed by atoms with Crippen LogP contribution in [0.4, 0.5) is 0 Å². The van der Waals surface area contributed by atoms with Gasteiger partial charge < -0.3 is 14.9 Å². The Bertz CT molecular complexity index is 265. The normalized spacial score (nSPS) is 13.8. The molecular formula is C10H20N2O5S. The maximum absolute atomic E-state index is 11.4. The van der Waals surface area contributed by atoms with Crippen molar-refractivity contribution in [2.75, 3.05) is 24.7 Å². The molecule has 0 aromatic carbocycles. The van der Waals surface area contributed by atoms with E-state index in [2.05, 4.69) is 0 Å². The summed E-state index contributed by atoms with van der Waals surface area (Å²) in [7, 11) is 0. The van der Waals surface area contributed by atoms with Gasteiger partial charge in [0.2, 0.25) is 5.91 Å². The molecule has 0 rings (SSSR count). The molecule has 0 spiro atoms. The number of nitrogens with one attached hydrogen (secondary N) is 1. The minimum atomic E-state index is -1.04. The van der Waals surface area contributed by atoms with E-state index in [1.807, 2.05) is 5.43 Å². The molecule has 18 heavy (non-hydrogen) atoms. The van der Waals surface area contributed by atoms with E-state index in [0.29, 0.717) is 17.9 Å². The highest BCUT2D eigenvalue weighted by molar-refractivity contribution is 7.99. The van der Waals surface area contributed by atoms with Crippen LogP contribution in [0.5, 0.6) is 0 Å². The monoisotopic (exact) mass is 280 g/mol. The number of aliphatic hydroxyl groups excluding tert-OH is 2. The van der Waals surface area contributed by atoms with Crippen LogP contribution in [0, 0.1) is 5.92 Å². The predicted molar refractivity (Wildman–Crippen MR) is 67.5 cm³/mol. The number of rotatable bonds is 9. The minimum Gasteiger partial charge on any atom is -0.463 e. The summed E-state index contributed by atoms with van der Waals surface area (Å²) in [5.41, 5.74) is 2.02. The van der Waals surface area contributed by atoms with E-state index in [4.69, 9.17) is 20.8 Å². The van der Waals surface area contributed by atoms with Crippen molar-refractivity contribution in [1.29, 1.82) is 0 Å². The van der Waals surface area contributed by atoms with Crippen molar-refractivity contribution < 1.29 is 24.5 Å². The highest BCUT2D eigenvalue weighted by Crippen LogP contribution is 2.11. The molecule has 5 N–H and O–H groups in total. The molecule has 0 saturated heterocycles. The summed E-state index contributed by atoms with van der Waals surface area (Å²) >= 11 is 1.44. The van der Waals surface area contributed by atoms with Gasteiger partial charge in [-0.3, -0.25) is 15.0 Å². The molecule has 0 heterocycles. The van der Waals surface area contributed by atoms with Crippen molar-refractivity contribution in [2.24, 2.45) is 11.8 Å². The molecule has 0 bridgehead atoms. The second kappa shape index (κ2) is 10.1. The van der Waals surface area contributed by atoms with Crippen molar-refractivity contribution in [3.05, 3.63) is 0 Å². The Hall–Kier alpha value is -0.830. The van der Waals surface area contributed by atoms with Gasteiger partial charge in [-0.05, 0) is 0 Å². The Morgan fingerprint density at radius 3 is 2.72 bits per heavy atom. The molecule has 0 aliphatic carbocycles. The summed E-state index contributed by atoms with van der Waals surface area (Å²) in [5.74, 6) is 5.00. The SMILES string of the molecule is CC(CSCCC(=O)NN)C(=O)OCC(O)CO. The molecule has 0 aromatic heterocycles.